The third-order valence-corrected chi connectivity index (χ3v) is 4.20. The first-order valence-electron chi connectivity index (χ1n) is 8.60. The fourth-order valence-electron chi connectivity index (χ4n) is 2.80. The molecule has 3 aromatic carbocycles. The fraction of sp³-hybridized carbons (Fsp3) is 0.0476. The summed E-state index contributed by atoms with van der Waals surface area (Å²) >= 11 is 0. The smallest absolute Gasteiger partial charge is 0.319 e. The molecular weight excluding hydrogens is 361 g/mol. The second-order valence-electron chi connectivity index (χ2n) is 6.20. The maximum absolute atomic E-state index is 12.9. The van der Waals surface area contributed by atoms with Crippen LogP contribution in [0.3, 0.4) is 0 Å². The Morgan fingerprint density at radius 1 is 1.00 bits per heavy atom. The predicted octanol–water partition coefficient (Wildman–Crippen LogP) is 4.51. The Hall–Kier alpha value is -3.87. The van der Waals surface area contributed by atoms with E-state index in [9.17, 15) is 14.0 Å². The van der Waals surface area contributed by atoms with Gasteiger partial charge in [-0.1, -0.05) is 24.3 Å². The number of hydrogen-bond donors (Lipinski definition) is 3. The van der Waals surface area contributed by atoms with Gasteiger partial charge in [-0.2, -0.15) is 0 Å². The molecule has 0 spiro atoms. The van der Waals surface area contributed by atoms with Crippen LogP contribution in [0.15, 0.2) is 66.7 Å². The molecule has 0 atom stereocenters. The lowest BCUT2D eigenvalue weighted by Crippen LogP contribution is -2.28. The highest BCUT2D eigenvalue weighted by Gasteiger charge is 2.21. The van der Waals surface area contributed by atoms with Crippen LogP contribution in [0.4, 0.5) is 20.6 Å². The van der Waals surface area contributed by atoms with Crippen molar-refractivity contribution in [3.63, 3.8) is 0 Å². The number of anilines is 2. The second kappa shape index (κ2) is 7.40. The van der Waals surface area contributed by atoms with Crippen LogP contribution < -0.4 is 20.7 Å². The Balaban J connectivity index is 1.45. The van der Waals surface area contributed by atoms with E-state index < -0.39 is 6.03 Å². The molecule has 0 bridgehead atoms. The van der Waals surface area contributed by atoms with Crippen LogP contribution in [-0.4, -0.2) is 11.9 Å². The first-order chi connectivity index (χ1) is 13.6. The van der Waals surface area contributed by atoms with Gasteiger partial charge in [0.05, 0.1) is 11.3 Å². The van der Waals surface area contributed by atoms with Gasteiger partial charge >= 0.3 is 6.03 Å². The van der Waals surface area contributed by atoms with Crippen molar-refractivity contribution in [3.05, 3.63) is 83.7 Å². The average molecular weight is 377 g/mol. The predicted molar refractivity (Wildman–Crippen MR) is 103 cm³/mol. The molecule has 3 N–H and O–H groups in total. The molecule has 0 aromatic heterocycles. The lowest BCUT2D eigenvalue weighted by Gasteiger charge is -2.11. The van der Waals surface area contributed by atoms with E-state index in [1.54, 1.807) is 48.5 Å². The Labute approximate surface area is 160 Å². The number of fused-ring (bicyclic) bond motifs is 2. The SMILES string of the molecule is O=C(NCc1ccc(F)cc1)Nc1ccc2c(c1)C(=O)Nc1ccccc1O2. The molecule has 0 saturated carbocycles. The van der Waals surface area contributed by atoms with Crippen molar-refractivity contribution in [2.75, 3.05) is 10.6 Å². The van der Waals surface area contributed by atoms with Gasteiger partial charge in [-0.05, 0) is 48.0 Å². The van der Waals surface area contributed by atoms with E-state index in [0.717, 1.165) is 5.56 Å². The minimum atomic E-state index is -0.442. The van der Waals surface area contributed by atoms with Crippen LogP contribution in [0.25, 0.3) is 0 Å². The van der Waals surface area contributed by atoms with Crippen LogP contribution >= 0.6 is 0 Å². The summed E-state index contributed by atoms with van der Waals surface area (Å²) in [6, 6.07) is 17.4. The molecule has 0 unspecified atom stereocenters. The molecule has 1 heterocycles. The number of ether oxygens (including phenoxy) is 1. The van der Waals surface area contributed by atoms with Gasteiger partial charge in [0, 0.05) is 12.2 Å². The molecule has 1 aliphatic rings. The van der Waals surface area contributed by atoms with Gasteiger partial charge in [0.25, 0.3) is 5.91 Å². The topological polar surface area (TPSA) is 79.5 Å². The minimum absolute atomic E-state index is 0.246. The van der Waals surface area contributed by atoms with Crippen molar-refractivity contribution in [1.29, 1.82) is 0 Å². The van der Waals surface area contributed by atoms with Crippen LogP contribution in [0.5, 0.6) is 11.5 Å². The van der Waals surface area contributed by atoms with Crippen LogP contribution in [0.1, 0.15) is 15.9 Å². The molecule has 0 radical (unpaired) electrons. The zero-order valence-corrected chi connectivity index (χ0v) is 14.7. The Morgan fingerprint density at radius 2 is 1.79 bits per heavy atom. The number of nitrogens with one attached hydrogen (secondary N) is 3. The number of rotatable bonds is 3. The molecule has 140 valence electrons. The van der Waals surface area contributed by atoms with Crippen molar-refractivity contribution in [3.8, 4) is 11.5 Å². The number of hydrogen-bond acceptors (Lipinski definition) is 3. The summed E-state index contributed by atoms with van der Waals surface area (Å²) in [5.41, 5.74) is 2.10. The first kappa shape index (κ1) is 17.5. The standard InChI is InChI=1S/C21H16FN3O3/c22-14-7-5-13(6-8-14)12-23-21(27)24-15-9-10-18-16(11-15)20(26)25-17-3-1-2-4-19(17)28-18/h1-11H,12H2,(H,25,26)(H2,23,24,27). The van der Waals surface area contributed by atoms with Crippen molar-refractivity contribution in [2.45, 2.75) is 6.54 Å². The highest BCUT2D eigenvalue weighted by molar-refractivity contribution is 6.08. The molecule has 3 aromatic rings. The fourth-order valence-corrected chi connectivity index (χ4v) is 2.80. The van der Waals surface area contributed by atoms with Crippen molar-refractivity contribution in [2.24, 2.45) is 0 Å². The number of carbonyl (C=O) groups excluding carboxylic acids is 2. The third-order valence-electron chi connectivity index (χ3n) is 4.20. The number of benzene rings is 3. The van der Waals surface area contributed by atoms with Gasteiger partial charge in [0.2, 0.25) is 0 Å². The molecule has 1 aliphatic heterocycles. The zero-order valence-electron chi connectivity index (χ0n) is 14.7. The maximum atomic E-state index is 12.9. The third kappa shape index (κ3) is 3.78. The molecule has 0 saturated heterocycles. The Kier molecular flexibility index (Phi) is 4.63. The number of halogens is 1. The maximum Gasteiger partial charge on any atom is 0.319 e. The summed E-state index contributed by atoms with van der Waals surface area (Å²) in [4.78, 5) is 24.6. The molecule has 7 heteroatoms. The van der Waals surface area contributed by atoms with Gasteiger partial charge in [0.1, 0.15) is 11.6 Å². The second-order valence-corrected chi connectivity index (χ2v) is 6.20. The van der Waals surface area contributed by atoms with Crippen LogP contribution in [0, 0.1) is 5.82 Å². The van der Waals surface area contributed by atoms with Crippen molar-refractivity contribution < 1.29 is 18.7 Å². The number of carbonyl (C=O) groups is 2. The zero-order chi connectivity index (χ0) is 19.5. The van der Waals surface area contributed by atoms with Gasteiger partial charge < -0.3 is 20.7 Å². The summed E-state index contributed by atoms with van der Waals surface area (Å²) in [5.74, 6) is 0.295. The monoisotopic (exact) mass is 377 g/mol. The van der Waals surface area contributed by atoms with E-state index in [1.165, 1.54) is 12.1 Å². The van der Waals surface area contributed by atoms with Crippen molar-refractivity contribution in [1.82, 2.24) is 5.32 Å². The van der Waals surface area contributed by atoms with E-state index in [1.807, 2.05) is 6.07 Å². The van der Waals surface area contributed by atoms with E-state index in [2.05, 4.69) is 16.0 Å². The quantitative estimate of drug-likeness (QED) is 0.629. The Bertz CT molecular complexity index is 1050. The molecule has 3 amide bonds. The summed E-state index contributed by atoms with van der Waals surface area (Å²) in [6.07, 6.45) is 0. The molecule has 6 nitrogen and oxygen atoms in total. The summed E-state index contributed by atoms with van der Waals surface area (Å²) in [6.45, 7) is 0.246. The highest BCUT2D eigenvalue weighted by atomic mass is 19.1. The Morgan fingerprint density at radius 3 is 2.61 bits per heavy atom. The first-order valence-corrected chi connectivity index (χ1v) is 8.60. The minimum Gasteiger partial charge on any atom is -0.454 e. The van der Waals surface area contributed by atoms with Gasteiger partial charge in [-0.25, -0.2) is 9.18 Å². The molecule has 28 heavy (non-hydrogen) atoms. The van der Waals surface area contributed by atoms with Crippen molar-refractivity contribution >= 4 is 23.3 Å². The normalized spacial score (nSPS) is 12.0. The summed E-state index contributed by atoms with van der Waals surface area (Å²) in [7, 11) is 0. The molecule has 0 fully saturated rings. The number of para-hydroxylation sites is 2. The largest absolute Gasteiger partial charge is 0.454 e. The molecule has 4 rings (SSSR count). The van der Waals surface area contributed by atoms with E-state index in [0.29, 0.717) is 28.4 Å². The highest BCUT2D eigenvalue weighted by Crippen LogP contribution is 2.36. The summed E-state index contributed by atoms with van der Waals surface area (Å²) in [5, 5.41) is 8.14. The molecular formula is C21H16FN3O3. The van der Waals surface area contributed by atoms with Gasteiger partial charge in [-0.15, -0.1) is 0 Å². The van der Waals surface area contributed by atoms with E-state index in [-0.39, 0.29) is 18.3 Å². The van der Waals surface area contributed by atoms with E-state index in [4.69, 9.17) is 4.74 Å². The van der Waals surface area contributed by atoms with E-state index >= 15 is 0 Å². The number of urea groups is 1. The number of amides is 3. The summed E-state index contributed by atoms with van der Waals surface area (Å²) < 4.78 is 18.7. The van der Waals surface area contributed by atoms with Gasteiger partial charge in [0.15, 0.2) is 5.75 Å². The molecule has 0 aliphatic carbocycles. The lowest BCUT2D eigenvalue weighted by molar-refractivity contribution is 0.102. The van der Waals surface area contributed by atoms with Gasteiger partial charge in [-0.3, -0.25) is 4.79 Å². The average Bonchev–Trinajstić information content (AvgIpc) is 2.83. The van der Waals surface area contributed by atoms with Crippen LogP contribution in [0.2, 0.25) is 0 Å². The lowest BCUT2D eigenvalue weighted by atomic mass is 10.1. The van der Waals surface area contributed by atoms with Crippen LogP contribution in [-0.2, 0) is 6.54 Å².